The maximum atomic E-state index is 13.6. The first-order chi connectivity index (χ1) is 14.3. The Morgan fingerprint density at radius 3 is 2.13 bits per heavy atom. The molecule has 2 bridgehead atoms. The third kappa shape index (κ3) is 2.95. The summed E-state index contributed by atoms with van der Waals surface area (Å²) in [6.45, 7) is 6.00. The summed E-state index contributed by atoms with van der Waals surface area (Å²) in [6.07, 6.45) is -0.748. The number of fused-ring (bicyclic) bond motifs is 4. The van der Waals surface area contributed by atoms with Gasteiger partial charge in [-0.05, 0) is 44.5 Å². The number of benzene rings is 3. The molecule has 30 heavy (non-hydrogen) atoms. The number of hydrogen-bond donors (Lipinski definition) is 0. The second-order valence-corrected chi connectivity index (χ2v) is 9.99. The number of nitrogens with zero attached hydrogens (tertiary/aromatic N) is 1. The Kier molecular flexibility index (Phi) is 4.29. The number of ether oxygens (including phenoxy) is 2. The van der Waals surface area contributed by atoms with Crippen molar-refractivity contribution in [2.24, 2.45) is 0 Å². The summed E-state index contributed by atoms with van der Waals surface area (Å²) in [6, 6.07) is 20.5. The average Bonchev–Trinajstić information content (AvgIpc) is 3.04. The van der Waals surface area contributed by atoms with Crippen LogP contribution in [0.3, 0.4) is 0 Å². The van der Waals surface area contributed by atoms with Gasteiger partial charge in [0, 0.05) is 11.1 Å². The molecular formula is C24H23NO4S. The van der Waals surface area contributed by atoms with Crippen molar-refractivity contribution in [1.82, 2.24) is 4.31 Å². The standard InChI is InChI=1S/C24H23NO4S/c1-16-4-9-19(10-5-16)24-15-25(30(26,27)20-11-6-17(2)7-12-20)23(29-24)21-13-8-18(3)14-22(21)28-24/h4-14,23H,15H2,1-3H3/t23-,24+/m1/s1. The van der Waals surface area contributed by atoms with Gasteiger partial charge in [0.25, 0.3) is 5.79 Å². The summed E-state index contributed by atoms with van der Waals surface area (Å²) in [5.41, 5.74) is 4.68. The van der Waals surface area contributed by atoms with Crippen LogP contribution < -0.4 is 4.74 Å². The van der Waals surface area contributed by atoms with Crippen molar-refractivity contribution in [3.05, 3.63) is 94.5 Å². The molecule has 0 spiro atoms. The molecule has 0 radical (unpaired) electrons. The van der Waals surface area contributed by atoms with Gasteiger partial charge in [-0.3, -0.25) is 0 Å². The number of hydrogen-bond acceptors (Lipinski definition) is 4. The Bertz CT molecular complexity index is 1220. The van der Waals surface area contributed by atoms with E-state index in [0.717, 1.165) is 27.8 Å². The predicted octanol–water partition coefficient (Wildman–Crippen LogP) is 4.58. The third-order valence-corrected chi connectivity index (χ3v) is 7.56. The van der Waals surface area contributed by atoms with E-state index in [2.05, 4.69) is 0 Å². The van der Waals surface area contributed by atoms with Crippen LogP contribution >= 0.6 is 0 Å². The van der Waals surface area contributed by atoms with Crippen molar-refractivity contribution in [3.8, 4) is 5.75 Å². The summed E-state index contributed by atoms with van der Waals surface area (Å²) >= 11 is 0. The first kappa shape index (κ1) is 19.3. The van der Waals surface area contributed by atoms with E-state index in [1.807, 2.05) is 63.2 Å². The lowest BCUT2D eigenvalue weighted by Gasteiger charge is -2.34. The van der Waals surface area contributed by atoms with Crippen LogP contribution in [0.25, 0.3) is 0 Å². The lowest BCUT2D eigenvalue weighted by molar-refractivity contribution is -0.194. The first-order valence-corrected chi connectivity index (χ1v) is 11.4. The third-order valence-electron chi connectivity index (χ3n) is 5.76. The Morgan fingerprint density at radius 1 is 0.867 bits per heavy atom. The quantitative estimate of drug-likeness (QED) is 0.621. The Balaban J connectivity index is 1.66. The molecule has 2 aliphatic heterocycles. The van der Waals surface area contributed by atoms with Crippen molar-refractivity contribution >= 4 is 10.0 Å². The average molecular weight is 422 g/mol. The van der Waals surface area contributed by atoms with Crippen LogP contribution in [0.15, 0.2) is 71.6 Å². The molecule has 0 unspecified atom stereocenters. The molecule has 0 N–H and O–H groups in total. The highest BCUT2D eigenvalue weighted by atomic mass is 32.2. The summed E-state index contributed by atoms with van der Waals surface area (Å²) in [7, 11) is -3.79. The van der Waals surface area contributed by atoms with Crippen LogP contribution in [0.4, 0.5) is 0 Å². The van der Waals surface area contributed by atoms with E-state index < -0.39 is 22.0 Å². The monoisotopic (exact) mass is 421 g/mol. The number of sulfonamides is 1. The second kappa shape index (κ2) is 6.67. The second-order valence-electron chi connectivity index (χ2n) is 8.10. The van der Waals surface area contributed by atoms with Gasteiger partial charge in [0.15, 0.2) is 6.23 Å². The molecule has 0 aliphatic carbocycles. The molecule has 2 atom stereocenters. The van der Waals surface area contributed by atoms with Crippen LogP contribution in [0.1, 0.15) is 34.0 Å². The fourth-order valence-corrected chi connectivity index (χ4v) is 5.53. The van der Waals surface area contributed by atoms with Gasteiger partial charge in [-0.1, -0.05) is 59.7 Å². The lowest BCUT2D eigenvalue weighted by atomic mass is 10.0. The molecule has 2 aliphatic rings. The normalized spacial score (nSPS) is 23.1. The minimum atomic E-state index is -3.79. The van der Waals surface area contributed by atoms with Gasteiger partial charge in [0.2, 0.25) is 10.0 Å². The minimum Gasteiger partial charge on any atom is -0.456 e. The van der Waals surface area contributed by atoms with Gasteiger partial charge in [0.1, 0.15) is 5.75 Å². The van der Waals surface area contributed by atoms with Crippen molar-refractivity contribution in [3.63, 3.8) is 0 Å². The van der Waals surface area contributed by atoms with Crippen LogP contribution in [-0.2, 0) is 20.5 Å². The Morgan fingerprint density at radius 2 is 1.47 bits per heavy atom. The molecule has 3 aromatic carbocycles. The largest absolute Gasteiger partial charge is 0.456 e. The fourth-order valence-electron chi connectivity index (χ4n) is 4.03. The highest BCUT2D eigenvalue weighted by Gasteiger charge is 2.57. The van der Waals surface area contributed by atoms with E-state index >= 15 is 0 Å². The Labute approximate surface area is 176 Å². The molecular weight excluding hydrogens is 398 g/mol. The summed E-state index contributed by atoms with van der Waals surface area (Å²) in [5, 5.41) is 0. The molecule has 154 valence electrons. The predicted molar refractivity (Wildman–Crippen MR) is 114 cm³/mol. The zero-order valence-electron chi connectivity index (χ0n) is 17.1. The van der Waals surface area contributed by atoms with E-state index in [-0.39, 0.29) is 11.4 Å². The molecule has 0 amide bonds. The topological polar surface area (TPSA) is 55.8 Å². The van der Waals surface area contributed by atoms with Crippen molar-refractivity contribution in [2.75, 3.05) is 6.54 Å². The fraction of sp³-hybridized carbons (Fsp3) is 0.250. The first-order valence-electron chi connectivity index (χ1n) is 9.92. The van der Waals surface area contributed by atoms with Gasteiger partial charge in [-0.25, -0.2) is 8.42 Å². The molecule has 6 heteroatoms. The Hall–Kier alpha value is -2.67. The molecule has 0 aromatic heterocycles. The smallest absolute Gasteiger partial charge is 0.253 e. The summed E-state index contributed by atoms with van der Waals surface area (Å²) in [4.78, 5) is 0.247. The zero-order chi connectivity index (χ0) is 21.1. The van der Waals surface area contributed by atoms with Crippen molar-refractivity contribution in [1.29, 1.82) is 0 Å². The molecule has 1 saturated heterocycles. The van der Waals surface area contributed by atoms with E-state index in [4.69, 9.17) is 9.47 Å². The van der Waals surface area contributed by atoms with Gasteiger partial charge >= 0.3 is 0 Å². The lowest BCUT2D eigenvalue weighted by Crippen LogP contribution is -2.39. The van der Waals surface area contributed by atoms with Gasteiger partial charge in [0.05, 0.1) is 11.4 Å². The SMILES string of the molecule is Cc1ccc([C@]23CN(S(=O)(=O)c4ccc(C)cc4)[C@H](O2)c2ccc(C)cc2O3)cc1. The van der Waals surface area contributed by atoms with E-state index in [1.54, 1.807) is 24.3 Å². The van der Waals surface area contributed by atoms with Gasteiger partial charge < -0.3 is 9.47 Å². The van der Waals surface area contributed by atoms with Crippen LogP contribution in [0, 0.1) is 20.8 Å². The highest BCUT2D eigenvalue weighted by Crippen LogP contribution is 2.52. The van der Waals surface area contributed by atoms with E-state index in [9.17, 15) is 8.42 Å². The maximum absolute atomic E-state index is 13.6. The number of rotatable bonds is 3. The maximum Gasteiger partial charge on any atom is 0.253 e. The summed E-state index contributed by atoms with van der Waals surface area (Å²) in [5.74, 6) is -0.523. The molecule has 0 saturated carbocycles. The van der Waals surface area contributed by atoms with Crippen molar-refractivity contribution in [2.45, 2.75) is 37.7 Å². The summed E-state index contributed by atoms with van der Waals surface area (Å²) < 4.78 is 41.3. The van der Waals surface area contributed by atoms with E-state index in [0.29, 0.717) is 5.75 Å². The van der Waals surface area contributed by atoms with Gasteiger partial charge in [-0.2, -0.15) is 4.31 Å². The van der Waals surface area contributed by atoms with Crippen molar-refractivity contribution < 1.29 is 17.9 Å². The van der Waals surface area contributed by atoms with Crippen LogP contribution in [0.5, 0.6) is 5.75 Å². The van der Waals surface area contributed by atoms with Gasteiger partial charge in [-0.15, -0.1) is 0 Å². The van der Waals surface area contributed by atoms with Crippen LogP contribution in [0.2, 0.25) is 0 Å². The zero-order valence-corrected chi connectivity index (χ0v) is 17.9. The molecule has 3 aromatic rings. The minimum absolute atomic E-state index is 0.0741. The highest BCUT2D eigenvalue weighted by molar-refractivity contribution is 7.89. The molecule has 5 nitrogen and oxygen atoms in total. The molecule has 1 fully saturated rings. The molecule has 5 rings (SSSR count). The number of aryl methyl sites for hydroxylation is 3. The van der Waals surface area contributed by atoms with E-state index in [1.165, 1.54) is 4.31 Å². The molecule has 2 heterocycles. The van der Waals surface area contributed by atoms with Crippen LogP contribution in [-0.4, -0.2) is 19.3 Å².